The lowest BCUT2D eigenvalue weighted by Gasteiger charge is -2.24. The van der Waals surface area contributed by atoms with Gasteiger partial charge in [-0.1, -0.05) is 30.3 Å². The van der Waals surface area contributed by atoms with E-state index in [1.54, 1.807) is 7.11 Å². The first kappa shape index (κ1) is 20.0. The van der Waals surface area contributed by atoms with E-state index < -0.39 is 0 Å². The molecule has 0 atom stereocenters. The van der Waals surface area contributed by atoms with E-state index in [4.69, 9.17) is 9.72 Å². The molecule has 1 aliphatic rings. The van der Waals surface area contributed by atoms with E-state index >= 15 is 0 Å². The summed E-state index contributed by atoms with van der Waals surface area (Å²) in [5.74, 6) is 0.920. The number of rotatable bonds is 4. The van der Waals surface area contributed by atoms with Crippen LogP contribution in [-0.4, -0.2) is 49.1 Å². The van der Waals surface area contributed by atoms with Gasteiger partial charge in [0.25, 0.3) is 5.91 Å². The average Bonchev–Trinajstić information content (AvgIpc) is 3.05. The third-order valence-electron chi connectivity index (χ3n) is 5.61. The topological polar surface area (TPSA) is 45.7 Å². The summed E-state index contributed by atoms with van der Waals surface area (Å²) in [6, 6.07) is 22.0. The lowest BCUT2D eigenvalue weighted by molar-refractivity contribution is 0.0766. The van der Waals surface area contributed by atoms with E-state index in [9.17, 15) is 4.79 Å². The molecule has 2 heterocycles. The first-order valence-corrected chi connectivity index (χ1v) is 10.4. The summed E-state index contributed by atoms with van der Waals surface area (Å²) < 4.78 is 5.25. The van der Waals surface area contributed by atoms with Gasteiger partial charge in [0.2, 0.25) is 0 Å². The van der Waals surface area contributed by atoms with Gasteiger partial charge in [-0.05, 0) is 49.7 Å². The molecule has 0 radical (unpaired) electrons. The standard InChI is InChI=1S/C25H27N3O2/c1-19-23(13-14-24(26-19)20-7-4-3-5-8-20)25(29)28-16-6-15-27(17-18-28)21-9-11-22(30-2)12-10-21/h3-5,7-14H,6,15-18H2,1-2H3. The summed E-state index contributed by atoms with van der Waals surface area (Å²) in [5, 5.41) is 0. The molecule has 0 bridgehead atoms. The minimum Gasteiger partial charge on any atom is -0.497 e. The highest BCUT2D eigenvalue weighted by Crippen LogP contribution is 2.22. The summed E-state index contributed by atoms with van der Waals surface area (Å²) in [5.41, 5.74) is 4.58. The Labute approximate surface area is 177 Å². The fraction of sp³-hybridized carbons (Fsp3) is 0.280. The monoisotopic (exact) mass is 401 g/mol. The van der Waals surface area contributed by atoms with E-state index in [1.807, 2.05) is 66.4 Å². The number of ether oxygens (including phenoxy) is 1. The molecule has 5 nitrogen and oxygen atoms in total. The Morgan fingerprint density at radius 1 is 0.900 bits per heavy atom. The van der Waals surface area contributed by atoms with Crippen LogP contribution in [0, 0.1) is 6.92 Å². The highest BCUT2D eigenvalue weighted by molar-refractivity contribution is 5.95. The summed E-state index contributed by atoms with van der Waals surface area (Å²) in [6.45, 7) is 5.12. The molecule has 3 aromatic rings. The van der Waals surface area contributed by atoms with Crippen LogP contribution in [0.2, 0.25) is 0 Å². The van der Waals surface area contributed by atoms with Crippen LogP contribution in [0.3, 0.4) is 0 Å². The molecule has 154 valence electrons. The normalized spacial score (nSPS) is 14.3. The van der Waals surface area contributed by atoms with E-state index in [1.165, 1.54) is 0 Å². The van der Waals surface area contributed by atoms with Crippen molar-refractivity contribution in [2.75, 3.05) is 38.2 Å². The van der Waals surface area contributed by atoms with Gasteiger partial charge in [0, 0.05) is 37.4 Å². The van der Waals surface area contributed by atoms with Crippen LogP contribution in [0.15, 0.2) is 66.7 Å². The van der Waals surface area contributed by atoms with Crippen molar-refractivity contribution >= 4 is 11.6 Å². The van der Waals surface area contributed by atoms with Crippen LogP contribution >= 0.6 is 0 Å². The van der Waals surface area contributed by atoms with Crippen molar-refractivity contribution in [3.05, 3.63) is 78.0 Å². The van der Waals surface area contributed by atoms with Crippen LogP contribution in [0.25, 0.3) is 11.3 Å². The Morgan fingerprint density at radius 3 is 2.37 bits per heavy atom. The lowest BCUT2D eigenvalue weighted by Crippen LogP contribution is -2.35. The number of carbonyl (C=O) groups is 1. The van der Waals surface area contributed by atoms with Gasteiger partial charge in [0.15, 0.2) is 0 Å². The van der Waals surface area contributed by atoms with Crippen LogP contribution in [0.5, 0.6) is 5.75 Å². The molecule has 5 heteroatoms. The Balaban J connectivity index is 1.46. The highest BCUT2D eigenvalue weighted by atomic mass is 16.5. The van der Waals surface area contributed by atoms with Crippen molar-refractivity contribution < 1.29 is 9.53 Å². The van der Waals surface area contributed by atoms with Gasteiger partial charge in [-0.2, -0.15) is 0 Å². The van der Waals surface area contributed by atoms with Crippen molar-refractivity contribution in [3.8, 4) is 17.0 Å². The number of nitrogens with zero attached hydrogens (tertiary/aromatic N) is 3. The zero-order valence-corrected chi connectivity index (χ0v) is 17.5. The van der Waals surface area contributed by atoms with Crippen LogP contribution in [-0.2, 0) is 0 Å². The second-order valence-corrected chi connectivity index (χ2v) is 7.53. The molecule has 1 aliphatic heterocycles. The highest BCUT2D eigenvalue weighted by Gasteiger charge is 2.22. The first-order chi connectivity index (χ1) is 14.7. The maximum atomic E-state index is 13.2. The zero-order chi connectivity index (χ0) is 20.9. The van der Waals surface area contributed by atoms with E-state index in [0.29, 0.717) is 12.1 Å². The average molecular weight is 402 g/mol. The molecule has 1 amide bonds. The number of aromatic nitrogens is 1. The number of anilines is 1. The molecule has 0 spiro atoms. The molecule has 0 unspecified atom stereocenters. The maximum absolute atomic E-state index is 13.2. The number of benzene rings is 2. The second kappa shape index (κ2) is 8.99. The van der Waals surface area contributed by atoms with Gasteiger partial charge in [-0.25, -0.2) is 0 Å². The van der Waals surface area contributed by atoms with Gasteiger partial charge in [-0.3, -0.25) is 9.78 Å². The quantitative estimate of drug-likeness (QED) is 0.649. The molecule has 4 rings (SSSR count). The molecule has 1 saturated heterocycles. The fourth-order valence-corrected chi connectivity index (χ4v) is 3.90. The van der Waals surface area contributed by atoms with E-state index in [-0.39, 0.29) is 5.91 Å². The minimum absolute atomic E-state index is 0.0659. The Morgan fingerprint density at radius 2 is 1.67 bits per heavy atom. The number of carbonyl (C=O) groups excluding carboxylic acids is 1. The van der Waals surface area contributed by atoms with Crippen molar-refractivity contribution in [2.45, 2.75) is 13.3 Å². The minimum atomic E-state index is 0.0659. The number of methoxy groups -OCH3 is 1. The Kier molecular flexibility index (Phi) is 5.98. The van der Waals surface area contributed by atoms with Crippen LogP contribution < -0.4 is 9.64 Å². The number of pyridine rings is 1. The number of amides is 1. The van der Waals surface area contributed by atoms with E-state index in [2.05, 4.69) is 17.0 Å². The first-order valence-electron chi connectivity index (χ1n) is 10.4. The molecular formula is C25H27N3O2. The fourth-order valence-electron chi connectivity index (χ4n) is 3.90. The molecule has 0 saturated carbocycles. The predicted molar refractivity (Wildman–Crippen MR) is 120 cm³/mol. The van der Waals surface area contributed by atoms with Gasteiger partial charge in [-0.15, -0.1) is 0 Å². The van der Waals surface area contributed by atoms with Gasteiger partial charge in [0.1, 0.15) is 5.75 Å². The predicted octanol–water partition coefficient (Wildman–Crippen LogP) is 4.42. The smallest absolute Gasteiger partial charge is 0.255 e. The van der Waals surface area contributed by atoms with Crippen molar-refractivity contribution in [1.82, 2.24) is 9.88 Å². The Hall–Kier alpha value is -3.34. The summed E-state index contributed by atoms with van der Waals surface area (Å²) in [4.78, 5) is 22.2. The molecular weight excluding hydrogens is 374 g/mol. The summed E-state index contributed by atoms with van der Waals surface area (Å²) in [7, 11) is 1.67. The zero-order valence-electron chi connectivity index (χ0n) is 17.5. The summed E-state index contributed by atoms with van der Waals surface area (Å²) >= 11 is 0. The van der Waals surface area contributed by atoms with Crippen molar-refractivity contribution in [2.24, 2.45) is 0 Å². The lowest BCUT2D eigenvalue weighted by atomic mass is 10.1. The number of hydrogen-bond donors (Lipinski definition) is 0. The molecule has 0 aliphatic carbocycles. The number of hydrogen-bond acceptors (Lipinski definition) is 4. The van der Waals surface area contributed by atoms with Crippen LogP contribution in [0.1, 0.15) is 22.5 Å². The Bertz CT molecular complexity index is 1000. The van der Waals surface area contributed by atoms with Gasteiger partial charge in [0.05, 0.1) is 24.1 Å². The maximum Gasteiger partial charge on any atom is 0.255 e. The van der Waals surface area contributed by atoms with Crippen molar-refractivity contribution in [3.63, 3.8) is 0 Å². The molecule has 2 aromatic carbocycles. The molecule has 0 N–H and O–H groups in total. The molecule has 1 aromatic heterocycles. The molecule has 30 heavy (non-hydrogen) atoms. The van der Waals surface area contributed by atoms with Crippen LogP contribution in [0.4, 0.5) is 5.69 Å². The summed E-state index contributed by atoms with van der Waals surface area (Å²) in [6.07, 6.45) is 0.937. The molecule has 1 fully saturated rings. The third-order valence-corrected chi connectivity index (χ3v) is 5.61. The number of aryl methyl sites for hydroxylation is 1. The SMILES string of the molecule is COc1ccc(N2CCCN(C(=O)c3ccc(-c4ccccc4)nc3C)CC2)cc1. The van der Waals surface area contributed by atoms with Gasteiger partial charge >= 0.3 is 0 Å². The van der Waals surface area contributed by atoms with E-state index in [0.717, 1.165) is 54.4 Å². The third kappa shape index (κ3) is 4.30. The van der Waals surface area contributed by atoms with Crippen molar-refractivity contribution in [1.29, 1.82) is 0 Å². The second-order valence-electron chi connectivity index (χ2n) is 7.53. The largest absolute Gasteiger partial charge is 0.497 e. The van der Waals surface area contributed by atoms with Gasteiger partial charge < -0.3 is 14.5 Å².